The minimum atomic E-state index is -3.48. The van der Waals surface area contributed by atoms with Crippen LogP contribution in [0.4, 0.5) is 8.78 Å². The lowest BCUT2D eigenvalue weighted by molar-refractivity contribution is 0.556. The van der Waals surface area contributed by atoms with Gasteiger partial charge in [0.1, 0.15) is 11.6 Å². The summed E-state index contributed by atoms with van der Waals surface area (Å²) in [4.78, 5) is 0. The van der Waals surface area contributed by atoms with Crippen LogP contribution < -0.4 is 4.72 Å². The van der Waals surface area contributed by atoms with Crippen LogP contribution in [0, 0.1) is 11.6 Å². The topological polar surface area (TPSA) is 46.2 Å². The lowest BCUT2D eigenvalue weighted by Crippen LogP contribution is -2.29. The van der Waals surface area contributed by atoms with Crippen molar-refractivity contribution in [1.82, 2.24) is 4.72 Å². The highest BCUT2D eigenvalue weighted by atomic mass is 32.2. The molecule has 1 N–H and O–H groups in total. The van der Waals surface area contributed by atoms with E-state index in [4.69, 9.17) is 0 Å². The maximum Gasteiger partial charge on any atom is 0.209 e. The molecule has 0 bridgehead atoms. The van der Waals surface area contributed by atoms with Crippen molar-refractivity contribution in [3.05, 3.63) is 71.3 Å². The summed E-state index contributed by atoms with van der Waals surface area (Å²) in [6.07, 6.45) is 1.26. The van der Waals surface area contributed by atoms with E-state index in [1.807, 2.05) is 0 Å². The summed E-state index contributed by atoms with van der Waals surface area (Å²) < 4.78 is 52.0. The first-order chi connectivity index (χ1) is 9.83. The van der Waals surface area contributed by atoms with Crippen LogP contribution in [-0.2, 0) is 16.4 Å². The van der Waals surface area contributed by atoms with Crippen LogP contribution in [-0.4, -0.2) is 14.7 Å². The number of benzene rings is 2. The van der Waals surface area contributed by atoms with Gasteiger partial charge in [-0.2, -0.15) is 0 Å². The SMILES string of the molecule is CS(=O)(=O)NC(Cc1cccc(F)c1)c1cccc(F)c1. The summed E-state index contributed by atoms with van der Waals surface area (Å²) in [5.41, 5.74) is 1.12. The number of hydrogen-bond acceptors (Lipinski definition) is 2. The maximum atomic E-state index is 13.3. The average Bonchev–Trinajstić information content (AvgIpc) is 2.36. The Kier molecular flexibility index (Phi) is 4.69. The third-order valence-electron chi connectivity index (χ3n) is 2.94. The zero-order chi connectivity index (χ0) is 15.5. The van der Waals surface area contributed by atoms with Crippen LogP contribution in [0.25, 0.3) is 0 Å². The molecule has 0 aromatic heterocycles. The van der Waals surface area contributed by atoms with E-state index in [-0.39, 0.29) is 6.42 Å². The molecule has 0 saturated heterocycles. The van der Waals surface area contributed by atoms with Gasteiger partial charge in [0, 0.05) is 0 Å². The molecule has 0 fully saturated rings. The number of halogens is 2. The van der Waals surface area contributed by atoms with Gasteiger partial charge in [-0.05, 0) is 41.8 Å². The normalized spacial score (nSPS) is 13.1. The number of sulfonamides is 1. The first-order valence-electron chi connectivity index (χ1n) is 6.31. The summed E-state index contributed by atoms with van der Waals surface area (Å²) in [5, 5.41) is 0. The van der Waals surface area contributed by atoms with Crippen molar-refractivity contribution in [3.63, 3.8) is 0 Å². The van der Waals surface area contributed by atoms with Gasteiger partial charge in [-0.3, -0.25) is 0 Å². The Labute approximate surface area is 122 Å². The lowest BCUT2D eigenvalue weighted by atomic mass is 9.99. The van der Waals surface area contributed by atoms with Crippen LogP contribution in [0.5, 0.6) is 0 Å². The van der Waals surface area contributed by atoms with E-state index < -0.39 is 27.7 Å². The van der Waals surface area contributed by atoms with E-state index in [1.54, 1.807) is 18.2 Å². The summed E-state index contributed by atoms with van der Waals surface area (Å²) in [6.45, 7) is 0. The molecule has 6 heteroatoms. The fourth-order valence-electron chi connectivity index (χ4n) is 2.11. The molecule has 112 valence electrons. The highest BCUT2D eigenvalue weighted by molar-refractivity contribution is 7.88. The molecular formula is C15H15F2NO2S. The lowest BCUT2D eigenvalue weighted by Gasteiger charge is -2.18. The van der Waals surface area contributed by atoms with Crippen molar-refractivity contribution in [2.45, 2.75) is 12.5 Å². The Morgan fingerprint density at radius 3 is 2.24 bits per heavy atom. The molecule has 0 aliphatic rings. The van der Waals surface area contributed by atoms with Crippen molar-refractivity contribution in [1.29, 1.82) is 0 Å². The van der Waals surface area contributed by atoms with Crippen molar-refractivity contribution in [2.75, 3.05) is 6.26 Å². The standard InChI is InChI=1S/C15H15F2NO2S/c1-21(19,20)18-15(12-5-3-7-14(17)10-12)9-11-4-2-6-13(16)8-11/h2-8,10,15,18H,9H2,1H3. The van der Waals surface area contributed by atoms with E-state index in [0.717, 1.165) is 6.26 Å². The fraction of sp³-hybridized carbons (Fsp3) is 0.200. The maximum absolute atomic E-state index is 13.3. The number of hydrogen-bond donors (Lipinski definition) is 1. The van der Waals surface area contributed by atoms with Gasteiger partial charge in [-0.1, -0.05) is 24.3 Å². The predicted molar refractivity (Wildman–Crippen MR) is 77.2 cm³/mol. The Morgan fingerprint density at radius 2 is 1.67 bits per heavy atom. The highest BCUT2D eigenvalue weighted by Gasteiger charge is 2.17. The van der Waals surface area contributed by atoms with Gasteiger partial charge in [0.05, 0.1) is 12.3 Å². The molecular weight excluding hydrogens is 296 g/mol. The summed E-state index contributed by atoms with van der Waals surface area (Å²) in [7, 11) is -3.48. The minimum absolute atomic E-state index is 0.230. The van der Waals surface area contributed by atoms with Gasteiger partial charge in [-0.25, -0.2) is 21.9 Å². The van der Waals surface area contributed by atoms with Crippen molar-refractivity contribution in [3.8, 4) is 0 Å². The second-order valence-electron chi connectivity index (χ2n) is 4.83. The zero-order valence-electron chi connectivity index (χ0n) is 11.4. The van der Waals surface area contributed by atoms with Gasteiger partial charge in [0.25, 0.3) is 0 Å². The molecule has 0 saturated carbocycles. The second kappa shape index (κ2) is 6.32. The van der Waals surface area contributed by atoms with Crippen molar-refractivity contribution >= 4 is 10.0 Å². The monoisotopic (exact) mass is 311 g/mol. The van der Waals surface area contributed by atoms with Gasteiger partial charge in [0.15, 0.2) is 0 Å². The molecule has 3 nitrogen and oxygen atoms in total. The summed E-state index contributed by atoms with van der Waals surface area (Å²) in [5.74, 6) is -0.850. The largest absolute Gasteiger partial charge is 0.213 e. The molecule has 0 spiro atoms. The Bertz CT molecular complexity index is 732. The van der Waals surface area contributed by atoms with Crippen molar-refractivity contribution < 1.29 is 17.2 Å². The molecule has 2 aromatic rings. The molecule has 0 aliphatic heterocycles. The molecule has 2 rings (SSSR count). The van der Waals surface area contributed by atoms with E-state index in [2.05, 4.69) is 4.72 Å². The van der Waals surface area contributed by atoms with E-state index >= 15 is 0 Å². The Morgan fingerprint density at radius 1 is 1.05 bits per heavy atom. The average molecular weight is 311 g/mol. The first-order valence-corrected chi connectivity index (χ1v) is 8.20. The second-order valence-corrected chi connectivity index (χ2v) is 6.61. The van der Waals surface area contributed by atoms with Crippen LogP contribution in [0.2, 0.25) is 0 Å². The molecule has 0 amide bonds. The minimum Gasteiger partial charge on any atom is -0.213 e. The predicted octanol–water partition coefficient (Wildman–Crippen LogP) is 2.80. The van der Waals surface area contributed by atoms with Crippen molar-refractivity contribution in [2.24, 2.45) is 0 Å². The smallest absolute Gasteiger partial charge is 0.209 e. The molecule has 2 aromatic carbocycles. The third-order valence-corrected chi connectivity index (χ3v) is 3.65. The van der Waals surface area contributed by atoms with E-state index in [0.29, 0.717) is 11.1 Å². The Balaban J connectivity index is 2.32. The fourth-order valence-corrected chi connectivity index (χ4v) is 2.85. The molecule has 0 radical (unpaired) electrons. The molecule has 0 heterocycles. The summed E-state index contributed by atoms with van der Waals surface area (Å²) in [6, 6.07) is 10.9. The molecule has 1 unspecified atom stereocenters. The highest BCUT2D eigenvalue weighted by Crippen LogP contribution is 2.20. The van der Waals surface area contributed by atoms with Gasteiger partial charge in [0.2, 0.25) is 10.0 Å². The molecule has 0 aliphatic carbocycles. The number of rotatable bonds is 5. The van der Waals surface area contributed by atoms with Gasteiger partial charge < -0.3 is 0 Å². The third kappa shape index (κ3) is 4.91. The van der Waals surface area contributed by atoms with Gasteiger partial charge >= 0.3 is 0 Å². The number of nitrogens with one attached hydrogen (secondary N) is 1. The van der Waals surface area contributed by atoms with E-state index in [1.165, 1.54) is 30.3 Å². The van der Waals surface area contributed by atoms with Crippen LogP contribution >= 0.6 is 0 Å². The quantitative estimate of drug-likeness (QED) is 0.923. The zero-order valence-corrected chi connectivity index (χ0v) is 12.2. The van der Waals surface area contributed by atoms with Crippen LogP contribution in [0.1, 0.15) is 17.2 Å². The molecule has 1 atom stereocenters. The van der Waals surface area contributed by atoms with E-state index in [9.17, 15) is 17.2 Å². The molecule has 21 heavy (non-hydrogen) atoms. The first kappa shape index (κ1) is 15.6. The summed E-state index contributed by atoms with van der Waals surface area (Å²) >= 11 is 0. The van der Waals surface area contributed by atoms with Crippen LogP contribution in [0.3, 0.4) is 0 Å². The van der Waals surface area contributed by atoms with Crippen LogP contribution in [0.15, 0.2) is 48.5 Å². The van der Waals surface area contributed by atoms with Gasteiger partial charge in [-0.15, -0.1) is 0 Å². The Hall–Kier alpha value is -1.79.